The molecule has 1 N–H and O–H groups in total. The zero-order chi connectivity index (χ0) is 10.6. The summed E-state index contributed by atoms with van der Waals surface area (Å²) in [6.07, 6.45) is 5.24. The first-order valence-corrected chi connectivity index (χ1v) is 5.40. The maximum Gasteiger partial charge on any atom is 0.0947 e. The second-order valence-electron chi connectivity index (χ2n) is 4.51. The summed E-state index contributed by atoms with van der Waals surface area (Å²) in [4.78, 5) is 1.94. The smallest absolute Gasteiger partial charge is 0.0947 e. The summed E-state index contributed by atoms with van der Waals surface area (Å²) in [7, 11) is 1.90. The molecule has 3 heteroatoms. The van der Waals surface area contributed by atoms with Gasteiger partial charge in [-0.3, -0.25) is 4.90 Å². The highest BCUT2D eigenvalue weighted by molar-refractivity contribution is 4.92. The highest BCUT2D eigenvalue weighted by Gasteiger charge is 2.31. The van der Waals surface area contributed by atoms with Gasteiger partial charge < -0.3 is 5.11 Å². The van der Waals surface area contributed by atoms with Crippen LogP contribution in [0.15, 0.2) is 0 Å². The molecule has 0 aromatic carbocycles. The molecule has 1 aliphatic carbocycles. The van der Waals surface area contributed by atoms with Crippen molar-refractivity contribution in [3.8, 4) is 6.07 Å². The van der Waals surface area contributed by atoms with Crippen LogP contribution in [-0.4, -0.2) is 35.2 Å². The fourth-order valence-corrected chi connectivity index (χ4v) is 2.07. The minimum Gasteiger partial charge on any atom is -0.389 e. The molecule has 0 spiro atoms. The Morgan fingerprint density at radius 2 is 2.00 bits per heavy atom. The number of hydrogen-bond donors (Lipinski definition) is 1. The van der Waals surface area contributed by atoms with Crippen molar-refractivity contribution < 1.29 is 5.11 Å². The van der Waals surface area contributed by atoms with Crippen molar-refractivity contribution in [1.29, 1.82) is 5.26 Å². The number of rotatable bonds is 3. The fraction of sp³-hybridized carbons (Fsp3) is 0.909. The third kappa shape index (κ3) is 2.97. The second-order valence-corrected chi connectivity index (χ2v) is 4.51. The van der Waals surface area contributed by atoms with Crippen LogP contribution < -0.4 is 0 Å². The summed E-state index contributed by atoms with van der Waals surface area (Å²) in [5.41, 5.74) is -0.544. The molecule has 1 aliphatic rings. The Balaban J connectivity index is 2.45. The molecule has 1 atom stereocenters. The fourth-order valence-electron chi connectivity index (χ4n) is 2.07. The van der Waals surface area contributed by atoms with Gasteiger partial charge in [-0.05, 0) is 26.8 Å². The van der Waals surface area contributed by atoms with E-state index in [1.807, 2.05) is 18.9 Å². The van der Waals surface area contributed by atoms with Gasteiger partial charge in [-0.1, -0.05) is 19.3 Å². The van der Waals surface area contributed by atoms with E-state index in [-0.39, 0.29) is 6.04 Å². The molecular weight excluding hydrogens is 176 g/mol. The molecule has 0 aromatic rings. The maximum absolute atomic E-state index is 10.2. The molecule has 0 aromatic heterocycles. The van der Waals surface area contributed by atoms with Crippen molar-refractivity contribution in [1.82, 2.24) is 4.90 Å². The standard InChI is InChI=1S/C11H20N2O/c1-10(8-12)13(2)9-11(14)6-4-3-5-7-11/h10,14H,3-7,9H2,1-2H3. The number of likely N-dealkylation sites (N-methyl/N-ethyl adjacent to an activating group) is 1. The highest BCUT2D eigenvalue weighted by atomic mass is 16.3. The Morgan fingerprint density at radius 1 is 1.43 bits per heavy atom. The molecule has 0 bridgehead atoms. The van der Waals surface area contributed by atoms with Crippen molar-refractivity contribution in [2.75, 3.05) is 13.6 Å². The van der Waals surface area contributed by atoms with Gasteiger partial charge >= 0.3 is 0 Å². The molecule has 0 amide bonds. The number of hydrogen-bond acceptors (Lipinski definition) is 3. The van der Waals surface area contributed by atoms with E-state index in [9.17, 15) is 5.11 Å². The Labute approximate surface area is 86.3 Å². The third-order valence-electron chi connectivity index (χ3n) is 3.18. The van der Waals surface area contributed by atoms with Crippen molar-refractivity contribution in [3.05, 3.63) is 0 Å². The normalized spacial score (nSPS) is 23.1. The summed E-state index contributed by atoms with van der Waals surface area (Å²) < 4.78 is 0. The minimum atomic E-state index is -0.544. The molecular formula is C11H20N2O. The van der Waals surface area contributed by atoms with Crippen LogP contribution in [0.3, 0.4) is 0 Å². The zero-order valence-electron chi connectivity index (χ0n) is 9.16. The summed E-state index contributed by atoms with van der Waals surface area (Å²) in [5.74, 6) is 0. The van der Waals surface area contributed by atoms with E-state index in [1.165, 1.54) is 6.42 Å². The molecule has 0 heterocycles. The molecule has 14 heavy (non-hydrogen) atoms. The molecule has 3 nitrogen and oxygen atoms in total. The molecule has 1 unspecified atom stereocenters. The minimum absolute atomic E-state index is 0.110. The van der Waals surface area contributed by atoms with Gasteiger partial charge in [0.1, 0.15) is 0 Å². The van der Waals surface area contributed by atoms with Crippen molar-refractivity contribution in [2.45, 2.75) is 50.7 Å². The average Bonchev–Trinajstić information content (AvgIpc) is 2.17. The van der Waals surface area contributed by atoms with Crippen LogP contribution in [0.25, 0.3) is 0 Å². The highest BCUT2D eigenvalue weighted by Crippen LogP contribution is 2.28. The largest absolute Gasteiger partial charge is 0.389 e. The lowest BCUT2D eigenvalue weighted by Gasteiger charge is -2.36. The summed E-state index contributed by atoms with van der Waals surface area (Å²) in [5, 5.41) is 19.0. The van der Waals surface area contributed by atoms with E-state index in [4.69, 9.17) is 5.26 Å². The second kappa shape index (κ2) is 4.77. The predicted molar refractivity (Wildman–Crippen MR) is 55.7 cm³/mol. The Hall–Kier alpha value is -0.590. The van der Waals surface area contributed by atoms with Crippen LogP contribution in [0.4, 0.5) is 0 Å². The van der Waals surface area contributed by atoms with Crippen LogP contribution in [-0.2, 0) is 0 Å². The third-order valence-corrected chi connectivity index (χ3v) is 3.18. The molecule has 1 rings (SSSR count). The Morgan fingerprint density at radius 3 is 2.50 bits per heavy atom. The van der Waals surface area contributed by atoms with Crippen LogP contribution in [0.1, 0.15) is 39.0 Å². The average molecular weight is 196 g/mol. The van der Waals surface area contributed by atoms with Crippen molar-refractivity contribution >= 4 is 0 Å². The lowest BCUT2D eigenvalue weighted by atomic mass is 9.84. The quantitative estimate of drug-likeness (QED) is 0.744. The molecule has 0 aliphatic heterocycles. The number of nitriles is 1. The molecule has 0 radical (unpaired) electrons. The van der Waals surface area contributed by atoms with E-state index < -0.39 is 5.60 Å². The Bertz CT molecular complexity index is 216. The SMILES string of the molecule is CC(C#N)N(C)CC1(O)CCCCC1. The van der Waals surface area contributed by atoms with Crippen molar-refractivity contribution in [2.24, 2.45) is 0 Å². The molecule has 0 saturated heterocycles. The molecule has 1 saturated carbocycles. The first kappa shape index (κ1) is 11.5. The lowest BCUT2D eigenvalue weighted by Crippen LogP contribution is -2.45. The van der Waals surface area contributed by atoms with Crippen LogP contribution in [0, 0.1) is 11.3 Å². The Kier molecular flexibility index (Phi) is 3.91. The van der Waals surface area contributed by atoms with Crippen LogP contribution in [0.2, 0.25) is 0 Å². The van der Waals surface area contributed by atoms with Gasteiger partial charge in [0.25, 0.3) is 0 Å². The summed E-state index contributed by atoms with van der Waals surface area (Å²) in [6.45, 7) is 2.49. The van der Waals surface area contributed by atoms with Gasteiger partial charge in [-0.25, -0.2) is 0 Å². The van der Waals surface area contributed by atoms with E-state index >= 15 is 0 Å². The van der Waals surface area contributed by atoms with E-state index in [0.29, 0.717) is 6.54 Å². The predicted octanol–water partition coefficient (Wildman–Crippen LogP) is 1.53. The lowest BCUT2D eigenvalue weighted by molar-refractivity contribution is -0.0240. The van der Waals surface area contributed by atoms with Gasteiger partial charge in [0.05, 0.1) is 17.7 Å². The number of aliphatic hydroxyl groups is 1. The first-order valence-electron chi connectivity index (χ1n) is 5.40. The van der Waals surface area contributed by atoms with Gasteiger partial charge in [0.15, 0.2) is 0 Å². The van der Waals surface area contributed by atoms with Gasteiger partial charge in [0, 0.05) is 6.54 Å². The summed E-state index contributed by atoms with van der Waals surface area (Å²) in [6, 6.07) is 2.08. The number of nitrogens with zero attached hydrogens (tertiary/aromatic N) is 2. The first-order chi connectivity index (χ1) is 6.57. The summed E-state index contributed by atoms with van der Waals surface area (Å²) >= 11 is 0. The van der Waals surface area contributed by atoms with Gasteiger partial charge in [-0.15, -0.1) is 0 Å². The maximum atomic E-state index is 10.2. The topological polar surface area (TPSA) is 47.3 Å². The zero-order valence-corrected chi connectivity index (χ0v) is 9.16. The van der Waals surface area contributed by atoms with E-state index in [1.54, 1.807) is 0 Å². The van der Waals surface area contributed by atoms with E-state index in [2.05, 4.69) is 6.07 Å². The van der Waals surface area contributed by atoms with Gasteiger partial charge in [-0.2, -0.15) is 5.26 Å². The molecule has 80 valence electrons. The monoisotopic (exact) mass is 196 g/mol. The van der Waals surface area contributed by atoms with Crippen molar-refractivity contribution in [3.63, 3.8) is 0 Å². The van der Waals surface area contributed by atoms with E-state index in [0.717, 1.165) is 25.7 Å². The van der Waals surface area contributed by atoms with Crippen LogP contribution in [0.5, 0.6) is 0 Å². The molecule has 1 fully saturated rings. The van der Waals surface area contributed by atoms with Crippen LogP contribution >= 0.6 is 0 Å². The van der Waals surface area contributed by atoms with Gasteiger partial charge in [0.2, 0.25) is 0 Å².